The lowest BCUT2D eigenvalue weighted by molar-refractivity contribution is 0.181. The van der Waals surface area contributed by atoms with Gasteiger partial charge in [-0.25, -0.2) is 0 Å². The van der Waals surface area contributed by atoms with E-state index in [1.54, 1.807) is 0 Å². The monoisotopic (exact) mass is 224 g/mol. The number of hydrogen-bond donors (Lipinski definition) is 1. The summed E-state index contributed by atoms with van der Waals surface area (Å²) in [5.41, 5.74) is 0. The Hall–Kier alpha value is -0.380. The van der Waals surface area contributed by atoms with Gasteiger partial charge >= 0.3 is 0 Å². The lowest BCUT2D eigenvalue weighted by Gasteiger charge is -2.34. The van der Waals surface area contributed by atoms with E-state index in [1.165, 1.54) is 30.8 Å². The topological polar surface area (TPSA) is 15.3 Å². The fourth-order valence-electron chi connectivity index (χ4n) is 2.53. The molecule has 1 aromatic heterocycles. The molecular weight excluding hydrogens is 204 g/mol. The second-order valence-corrected chi connectivity index (χ2v) is 5.49. The lowest BCUT2D eigenvalue weighted by atomic mass is 9.88. The smallest absolute Gasteiger partial charge is 0.0464 e. The highest BCUT2D eigenvalue weighted by Gasteiger charge is 2.26. The maximum Gasteiger partial charge on any atom is 0.0464 e. The maximum absolute atomic E-state index is 3.44. The molecule has 15 heavy (non-hydrogen) atoms. The van der Waals surface area contributed by atoms with Gasteiger partial charge in [-0.3, -0.25) is 0 Å². The molecular formula is C12H20N2S. The van der Waals surface area contributed by atoms with Crippen LogP contribution in [0.2, 0.25) is 0 Å². The third-order valence-electron chi connectivity index (χ3n) is 3.22. The maximum atomic E-state index is 3.44. The summed E-state index contributed by atoms with van der Waals surface area (Å²) in [7, 11) is 4.40. The van der Waals surface area contributed by atoms with Crippen LogP contribution in [0, 0.1) is 5.92 Å². The Balaban J connectivity index is 2.12. The van der Waals surface area contributed by atoms with Crippen LogP contribution in [-0.4, -0.2) is 32.1 Å². The van der Waals surface area contributed by atoms with Crippen LogP contribution >= 0.6 is 11.3 Å². The number of nitrogens with one attached hydrogen (secondary N) is 1. The highest BCUT2D eigenvalue weighted by molar-refractivity contribution is 7.10. The molecule has 2 rings (SSSR count). The SMILES string of the molecule is CN(C)C(c1cccs1)C1CCNCC1. The van der Waals surface area contributed by atoms with Crippen molar-refractivity contribution in [2.45, 2.75) is 18.9 Å². The van der Waals surface area contributed by atoms with E-state index in [0.717, 1.165) is 5.92 Å². The molecule has 1 unspecified atom stereocenters. The van der Waals surface area contributed by atoms with Crippen molar-refractivity contribution in [2.24, 2.45) is 5.92 Å². The Bertz CT molecular complexity index is 276. The summed E-state index contributed by atoms with van der Waals surface area (Å²) in [6, 6.07) is 5.06. The third-order valence-corrected chi connectivity index (χ3v) is 4.16. The standard InChI is InChI=1S/C12H20N2S/c1-14(2)12(11-4-3-9-15-11)10-5-7-13-8-6-10/h3-4,9-10,12-13H,5-8H2,1-2H3. The molecule has 3 heteroatoms. The second-order valence-electron chi connectivity index (χ2n) is 4.51. The zero-order valence-corrected chi connectivity index (χ0v) is 10.4. The van der Waals surface area contributed by atoms with Gasteiger partial charge in [-0.15, -0.1) is 11.3 Å². The predicted molar refractivity (Wildman–Crippen MR) is 66.3 cm³/mol. The van der Waals surface area contributed by atoms with E-state index in [1.807, 2.05) is 11.3 Å². The van der Waals surface area contributed by atoms with Crippen LogP contribution in [0.1, 0.15) is 23.8 Å². The summed E-state index contributed by atoms with van der Waals surface area (Å²) in [5.74, 6) is 0.819. The van der Waals surface area contributed by atoms with Gasteiger partial charge in [0.15, 0.2) is 0 Å². The minimum atomic E-state index is 0.618. The van der Waals surface area contributed by atoms with Crippen LogP contribution in [0.3, 0.4) is 0 Å². The Kier molecular flexibility index (Phi) is 3.78. The molecule has 1 aliphatic heterocycles. The van der Waals surface area contributed by atoms with Crippen LogP contribution in [-0.2, 0) is 0 Å². The highest BCUT2D eigenvalue weighted by Crippen LogP contribution is 2.34. The molecule has 84 valence electrons. The molecule has 2 heterocycles. The van der Waals surface area contributed by atoms with Gasteiger partial charge in [0.05, 0.1) is 0 Å². The summed E-state index contributed by atoms with van der Waals surface area (Å²) in [6.45, 7) is 2.36. The molecule has 1 aliphatic rings. The number of thiophene rings is 1. The van der Waals surface area contributed by atoms with E-state index in [2.05, 4.69) is 41.8 Å². The average Bonchev–Trinajstić information content (AvgIpc) is 2.72. The van der Waals surface area contributed by atoms with E-state index < -0.39 is 0 Å². The van der Waals surface area contributed by atoms with Crippen molar-refractivity contribution < 1.29 is 0 Å². The minimum Gasteiger partial charge on any atom is -0.317 e. The first kappa shape index (κ1) is 11.1. The number of piperidine rings is 1. The first-order chi connectivity index (χ1) is 7.29. The number of hydrogen-bond acceptors (Lipinski definition) is 3. The van der Waals surface area contributed by atoms with E-state index in [-0.39, 0.29) is 0 Å². The van der Waals surface area contributed by atoms with Crippen LogP contribution in [0.15, 0.2) is 17.5 Å². The Morgan fingerprint density at radius 2 is 2.13 bits per heavy atom. The van der Waals surface area contributed by atoms with Crippen LogP contribution in [0.5, 0.6) is 0 Å². The predicted octanol–water partition coefficient (Wildman–Crippen LogP) is 2.35. The van der Waals surface area contributed by atoms with Crippen LogP contribution < -0.4 is 5.32 Å². The largest absolute Gasteiger partial charge is 0.317 e. The van der Waals surface area contributed by atoms with Crippen molar-refractivity contribution >= 4 is 11.3 Å². The van der Waals surface area contributed by atoms with Gasteiger partial charge < -0.3 is 10.2 Å². The summed E-state index contributed by atoms with van der Waals surface area (Å²) in [5, 5.41) is 5.63. The summed E-state index contributed by atoms with van der Waals surface area (Å²) >= 11 is 1.89. The van der Waals surface area contributed by atoms with Gasteiger partial charge in [0.25, 0.3) is 0 Å². The molecule has 0 aliphatic carbocycles. The van der Waals surface area contributed by atoms with Gasteiger partial charge in [0, 0.05) is 10.9 Å². The molecule has 0 bridgehead atoms. The fraction of sp³-hybridized carbons (Fsp3) is 0.667. The third kappa shape index (κ3) is 2.60. The molecule has 0 spiro atoms. The second kappa shape index (κ2) is 5.10. The van der Waals surface area contributed by atoms with Crippen molar-refractivity contribution in [1.82, 2.24) is 10.2 Å². The minimum absolute atomic E-state index is 0.618. The van der Waals surface area contributed by atoms with E-state index in [4.69, 9.17) is 0 Å². The average molecular weight is 224 g/mol. The van der Waals surface area contributed by atoms with Gasteiger partial charge in [0.2, 0.25) is 0 Å². The van der Waals surface area contributed by atoms with Crippen molar-refractivity contribution in [1.29, 1.82) is 0 Å². The van der Waals surface area contributed by atoms with Crippen molar-refractivity contribution in [2.75, 3.05) is 27.2 Å². The lowest BCUT2D eigenvalue weighted by Crippen LogP contribution is -2.35. The van der Waals surface area contributed by atoms with Crippen molar-refractivity contribution in [3.8, 4) is 0 Å². The molecule has 2 nitrogen and oxygen atoms in total. The molecule has 1 fully saturated rings. The number of rotatable bonds is 3. The first-order valence-corrected chi connectivity index (χ1v) is 6.57. The highest BCUT2D eigenvalue weighted by atomic mass is 32.1. The summed E-state index contributed by atoms with van der Waals surface area (Å²) < 4.78 is 0. The molecule has 0 aromatic carbocycles. The molecule has 1 atom stereocenters. The van der Waals surface area contributed by atoms with E-state index in [0.29, 0.717) is 6.04 Å². The fourth-order valence-corrected chi connectivity index (χ4v) is 3.54. The Labute approximate surface area is 96.3 Å². The molecule has 1 saturated heterocycles. The van der Waals surface area contributed by atoms with E-state index >= 15 is 0 Å². The Morgan fingerprint density at radius 1 is 1.40 bits per heavy atom. The van der Waals surface area contributed by atoms with Crippen LogP contribution in [0.4, 0.5) is 0 Å². The first-order valence-electron chi connectivity index (χ1n) is 5.69. The zero-order valence-electron chi connectivity index (χ0n) is 9.57. The van der Waals surface area contributed by atoms with Gasteiger partial charge in [-0.2, -0.15) is 0 Å². The summed E-state index contributed by atoms with van der Waals surface area (Å²) in [4.78, 5) is 3.90. The van der Waals surface area contributed by atoms with Crippen molar-refractivity contribution in [3.05, 3.63) is 22.4 Å². The quantitative estimate of drug-likeness (QED) is 0.848. The molecule has 1 N–H and O–H groups in total. The number of nitrogens with zero attached hydrogens (tertiary/aromatic N) is 1. The van der Waals surface area contributed by atoms with Gasteiger partial charge in [0.1, 0.15) is 0 Å². The molecule has 1 aromatic rings. The summed E-state index contributed by atoms with van der Waals surface area (Å²) in [6.07, 6.45) is 2.61. The molecule has 0 amide bonds. The molecule has 0 saturated carbocycles. The van der Waals surface area contributed by atoms with Gasteiger partial charge in [-0.05, 0) is 57.4 Å². The Morgan fingerprint density at radius 3 is 2.67 bits per heavy atom. The van der Waals surface area contributed by atoms with E-state index in [9.17, 15) is 0 Å². The van der Waals surface area contributed by atoms with Crippen molar-refractivity contribution in [3.63, 3.8) is 0 Å². The molecule has 0 radical (unpaired) electrons. The van der Waals surface area contributed by atoms with Crippen LogP contribution in [0.25, 0.3) is 0 Å². The zero-order chi connectivity index (χ0) is 10.7. The normalized spacial score (nSPS) is 20.7. The van der Waals surface area contributed by atoms with Gasteiger partial charge in [-0.1, -0.05) is 6.07 Å².